The van der Waals surface area contributed by atoms with E-state index in [0.29, 0.717) is 0 Å². The van der Waals surface area contributed by atoms with Crippen LogP contribution in [0.1, 0.15) is 31.1 Å². The molecule has 0 bridgehead atoms. The number of nitrogens with one attached hydrogen (secondary N) is 1. The molecule has 0 aromatic carbocycles. The molecule has 20 heavy (non-hydrogen) atoms. The van der Waals surface area contributed by atoms with Crippen LogP contribution in [-0.4, -0.2) is 39.7 Å². The maximum atomic E-state index is 11.5. The van der Waals surface area contributed by atoms with Gasteiger partial charge in [-0.1, -0.05) is 25.4 Å². The second-order valence-electron chi connectivity index (χ2n) is 4.32. The lowest BCUT2D eigenvalue weighted by atomic mass is 10.1. The number of esters is 1. The van der Waals surface area contributed by atoms with Gasteiger partial charge in [-0.2, -0.15) is 0 Å². The third-order valence-corrected chi connectivity index (χ3v) is 2.74. The highest BCUT2D eigenvalue weighted by Gasteiger charge is 2.23. The third-order valence-electron chi connectivity index (χ3n) is 2.45. The van der Waals surface area contributed by atoms with Gasteiger partial charge in [0, 0.05) is 6.20 Å². The quantitative estimate of drug-likeness (QED) is 0.610. The molecule has 0 aliphatic rings. The molecule has 110 valence electrons. The highest BCUT2D eigenvalue weighted by atomic mass is 35.5. The maximum Gasteiger partial charge on any atom is 0.342 e. The molecule has 1 rings (SSSR count). The van der Waals surface area contributed by atoms with Crippen LogP contribution in [0, 0.1) is 5.92 Å². The normalized spacial score (nSPS) is 12.1. The Hall–Kier alpha value is -1.89. The van der Waals surface area contributed by atoms with Gasteiger partial charge in [0.2, 0.25) is 5.95 Å². The highest BCUT2D eigenvalue weighted by Crippen LogP contribution is 2.17. The second-order valence-corrected chi connectivity index (χ2v) is 4.68. The Balaban J connectivity index is 2.92. The van der Waals surface area contributed by atoms with Crippen LogP contribution in [0.25, 0.3) is 0 Å². The predicted molar refractivity (Wildman–Crippen MR) is 72.9 cm³/mol. The molecule has 1 atom stereocenters. The SMILES string of the molecule is CCOC(=O)c1cnc(N[C@H](C(=O)O)C(C)C)nc1Cl. The number of rotatable bonds is 6. The number of nitrogens with zero attached hydrogens (tertiary/aromatic N) is 2. The fourth-order valence-corrected chi connectivity index (χ4v) is 1.63. The number of anilines is 1. The largest absolute Gasteiger partial charge is 0.480 e. The average molecular weight is 302 g/mol. The zero-order chi connectivity index (χ0) is 15.3. The number of aromatic nitrogens is 2. The molecule has 1 aromatic heterocycles. The van der Waals surface area contributed by atoms with Crippen LogP contribution in [0.2, 0.25) is 5.15 Å². The molecule has 1 aromatic rings. The highest BCUT2D eigenvalue weighted by molar-refractivity contribution is 6.32. The molecular weight excluding hydrogens is 286 g/mol. The van der Waals surface area contributed by atoms with Crippen LogP contribution in [0.5, 0.6) is 0 Å². The van der Waals surface area contributed by atoms with Gasteiger partial charge in [0.15, 0.2) is 0 Å². The minimum absolute atomic E-state index is 0.0375. The van der Waals surface area contributed by atoms with Crippen LogP contribution in [-0.2, 0) is 9.53 Å². The van der Waals surface area contributed by atoms with E-state index in [-0.39, 0.29) is 29.2 Å². The van der Waals surface area contributed by atoms with Crippen molar-refractivity contribution in [2.45, 2.75) is 26.8 Å². The lowest BCUT2D eigenvalue weighted by Crippen LogP contribution is -2.35. The van der Waals surface area contributed by atoms with E-state index < -0.39 is 18.0 Å². The minimum atomic E-state index is -1.02. The van der Waals surface area contributed by atoms with E-state index in [1.165, 1.54) is 6.20 Å². The summed E-state index contributed by atoms with van der Waals surface area (Å²) in [4.78, 5) is 30.3. The number of carbonyl (C=O) groups is 2. The molecule has 8 heteroatoms. The molecular formula is C12H16ClN3O4. The van der Waals surface area contributed by atoms with Crippen LogP contribution in [0.4, 0.5) is 5.95 Å². The van der Waals surface area contributed by atoms with Crippen molar-refractivity contribution < 1.29 is 19.4 Å². The Labute approximate surface area is 121 Å². The Morgan fingerprint density at radius 3 is 2.60 bits per heavy atom. The fourth-order valence-electron chi connectivity index (χ4n) is 1.43. The molecule has 0 amide bonds. The molecule has 7 nitrogen and oxygen atoms in total. The Bertz CT molecular complexity index is 507. The summed E-state index contributed by atoms with van der Waals surface area (Å²) >= 11 is 5.86. The van der Waals surface area contributed by atoms with Crippen molar-refractivity contribution in [3.8, 4) is 0 Å². The first kappa shape index (κ1) is 16.2. The van der Waals surface area contributed by atoms with E-state index in [2.05, 4.69) is 15.3 Å². The van der Waals surface area contributed by atoms with Gasteiger partial charge in [-0.25, -0.2) is 19.6 Å². The zero-order valence-electron chi connectivity index (χ0n) is 11.4. The minimum Gasteiger partial charge on any atom is -0.480 e. The van der Waals surface area contributed by atoms with Gasteiger partial charge in [-0.15, -0.1) is 0 Å². The van der Waals surface area contributed by atoms with Crippen molar-refractivity contribution in [1.82, 2.24) is 9.97 Å². The molecule has 2 N–H and O–H groups in total. The third kappa shape index (κ3) is 4.06. The van der Waals surface area contributed by atoms with E-state index in [9.17, 15) is 9.59 Å². The molecule has 0 aliphatic heterocycles. The van der Waals surface area contributed by atoms with Crippen molar-refractivity contribution in [2.24, 2.45) is 5.92 Å². The molecule has 0 saturated carbocycles. The first-order valence-electron chi connectivity index (χ1n) is 6.05. The fraction of sp³-hybridized carbons (Fsp3) is 0.500. The molecule has 0 unspecified atom stereocenters. The number of halogens is 1. The van der Waals surface area contributed by atoms with E-state index in [4.69, 9.17) is 21.4 Å². The van der Waals surface area contributed by atoms with Crippen molar-refractivity contribution >= 4 is 29.5 Å². The maximum absolute atomic E-state index is 11.5. The van der Waals surface area contributed by atoms with Crippen molar-refractivity contribution in [3.05, 3.63) is 16.9 Å². The van der Waals surface area contributed by atoms with Crippen LogP contribution < -0.4 is 5.32 Å². The molecule has 1 heterocycles. The summed E-state index contributed by atoms with van der Waals surface area (Å²) in [7, 11) is 0. The van der Waals surface area contributed by atoms with E-state index >= 15 is 0 Å². The standard InChI is InChI=1S/C12H16ClN3O4/c1-4-20-11(19)7-5-14-12(16-9(7)13)15-8(6(2)3)10(17)18/h5-6,8H,4H2,1-3H3,(H,17,18)(H,14,15,16)/t8-/m0/s1. The van der Waals surface area contributed by atoms with Gasteiger partial charge in [0.1, 0.15) is 16.8 Å². The van der Waals surface area contributed by atoms with Crippen molar-refractivity contribution in [3.63, 3.8) is 0 Å². The Kier molecular flexibility index (Phi) is 5.69. The second kappa shape index (κ2) is 7.04. The first-order chi connectivity index (χ1) is 9.36. The van der Waals surface area contributed by atoms with Crippen molar-refractivity contribution in [2.75, 3.05) is 11.9 Å². The summed E-state index contributed by atoms with van der Waals surface area (Å²) in [6, 6.07) is -0.848. The lowest BCUT2D eigenvalue weighted by Gasteiger charge is -2.17. The summed E-state index contributed by atoms with van der Waals surface area (Å²) in [5.74, 6) is -1.76. The average Bonchev–Trinajstić information content (AvgIpc) is 2.35. The van der Waals surface area contributed by atoms with Crippen molar-refractivity contribution in [1.29, 1.82) is 0 Å². The summed E-state index contributed by atoms with van der Waals surface area (Å²) in [6.45, 7) is 5.38. The lowest BCUT2D eigenvalue weighted by molar-refractivity contribution is -0.138. The summed E-state index contributed by atoms with van der Waals surface area (Å²) in [5.41, 5.74) is 0.0375. The number of hydrogen-bond donors (Lipinski definition) is 2. The first-order valence-corrected chi connectivity index (χ1v) is 6.43. The number of carboxylic acids is 1. The number of hydrogen-bond acceptors (Lipinski definition) is 6. The number of carbonyl (C=O) groups excluding carboxylic acids is 1. The zero-order valence-corrected chi connectivity index (χ0v) is 12.1. The summed E-state index contributed by atoms with van der Waals surface area (Å²) in [6.07, 6.45) is 1.20. The predicted octanol–water partition coefficient (Wildman–Crippen LogP) is 1.83. The van der Waals surface area contributed by atoms with E-state index in [1.54, 1.807) is 20.8 Å². The number of carboxylic acid groups (broad SMARTS) is 1. The van der Waals surface area contributed by atoms with E-state index in [1.807, 2.05) is 0 Å². The number of ether oxygens (including phenoxy) is 1. The smallest absolute Gasteiger partial charge is 0.342 e. The van der Waals surface area contributed by atoms with Crippen LogP contribution >= 0.6 is 11.6 Å². The van der Waals surface area contributed by atoms with Gasteiger partial charge in [-0.3, -0.25) is 0 Å². The van der Waals surface area contributed by atoms with Gasteiger partial charge < -0.3 is 15.2 Å². The van der Waals surface area contributed by atoms with Gasteiger partial charge in [0.25, 0.3) is 0 Å². The Morgan fingerprint density at radius 1 is 1.50 bits per heavy atom. The molecule has 0 radical (unpaired) electrons. The molecule has 0 fully saturated rings. The van der Waals surface area contributed by atoms with Gasteiger partial charge in [-0.05, 0) is 12.8 Å². The van der Waals surface area contributed by atoms with Gasteiger partial charge >= 0.3 is 11.9 Å². The monoisotopic (exact) mass is 301 g/mol. The topological polar surface area (TPSA) is 101 Å². The number of aliphatic carboxylic acids is 1. The van der Waals surface area contributed by atoms with Crippen LogP contribution in [0.15, 0.2) is 6.20 Å². The van der Waals surface area contributed by atoms with E-state index in [0.717, 1.165) is 0 Å². The summed E-state index contributed by atoms with van der Waals surface area (Å²) < 4.78 is 4.79. The molecule has 0 spiro atoms. The Morgan fingerprint density at radius 2 is 2.15 bits per heavy atom. The summed E-state index contributed by atoms with van der Waals surface area (Å²) in [5, 5.41) is 11.6. The molecule has 0 saturated heterocycles. The van der Waals surface area contributed by atoms with Gasteiger partial charge in [0.05, 0.1) is 6.61 Å². The van der Waals surface area contributed by atoms with Crippen LogP contribution in [0.3, 0.4) is 0 Å². The molecule has 0 aliphatic carbocycles.